The van der Waals surface area contributed by atoms with Gasteiger partial charge in [0.05, 0.1) is 18.6 Å². The van der Waals surface area contributed by atoms with Crippen LogP contribution in [0.3, 0.4) is 0 Å². The van der Waals surface area contributed by atoms with Crippen LogP contribution in [0.25, 0.3) is 0 Å². The van der Waals surface area contributed by atoms with Crippen LogP contribution in [0.1, 0.15) is 34.6 Å². The first-order chi connectivity index (χ1) is 7.17. The molecule has 0 spiro atoms. The fraction of sp³-hybridized carbons (Fsp3) is 0.800. The number of oxime groups is 1. The molecule has 0 amide bonds. The van der Waals surface area contributed by atoms with E-state index in [0.717, 1.165) is 4.76 Å². The molecule has 0 saturated heterocycles. The van der Waals surface area contributed by atoms with Gasteiger partial charge in [-0.2, -0.15) is 0 Å². The van der Waals surface area contributed by atoms with Gasteiger partial charge in [-0.3, -0.25) is 0 Å². The van der Waals surface area contributed by atoms with Crippen LogP contribution in [0.2, 0.25) is 0 Å². The molecule has 1 heterocycles. The number of hydrogen-bond acceptors (Lipinski definition) is 4. The zero-order valence-electron chi connectivity index (χ0n) is 10.6. The molecule has 0 radical (unpaired) electrons. The summed E-state index contributed by atoms with van der Waals surface area (Å²) in [5.41, 5.74) is -1.26. The zero-order valence-corrected chi connectivity index (χ0v) is 10.6. The zero-order chi connectivity index (χ0) is 12.7. The largest absolute Gasteiger partial charge is 0.618 e. The minimum atomic E-state index is -1.12. The van der Waals surface area contributed by atoms with Gasteiger partial charge in [-0.25, -0.2) is 0 Å². The van der Waals surface area contributed by atoms with Gasteiger partial charge in [0.1, 0.15) is 7.11 Å². The Morgan fingerprint density at radius 3 is 2.19 bits per heavy atom. The van der Waals surface area contributed by atoms with Crippen molar-refractivity contribution in [2.24, 2.45) is 5.16 Å². The summed E-state index contributed by atoms with van der Waals surface area (Å²) in [5.74, 6) is 0. The minimum absolute atomic E-state index is 0.342. The van der Waals surface area contributed by atoms with Crippen molar-refractivity contribution in [1.29, 1.82) is 0 Å². The smallest absolute Gasteiger partial charge is 0.401 e. The van der Waals surface area contributed by atoms with Crippen LogP contribution in [-0.4, -0.2) is 39.2 Å². The summed E-state index contributed by atoms with van der Waals surface area (Å²) in [4.78, 5) is 16.7. The third-order valence-corrected chi connectivity index (χ3v) is 2.86. The molecule has 0 saturated carbocycles. The summed E-state index contributed by atoms with van der Waals surface area (Å²) in [7, 11) is 1.40. The predicted molar refractivity (Wildman–Crippen MR) is 60.5 cm³/mol. The van der Waals surface area contributed by atoms with E-state index in [2.05, 4.69) is 9.99 Å². The molecule has 0 fully saturated rings. The van der Waals surface area contributed by atoms with Gasteiger partial charge in [0.25, 0.3) is 11.3 Å². The van der Waals surface area contributed by atoms with Gasteiger partial charge in [0.2, 0.25) is 0 Å². The number of nitrogens with zero attached hydrogens (tertiary/aromatic N) is 3. The number of nitroso groups, excluding NO2 is 1. The standard InChI is InChI=1S/C10H18N3O3/c1-7(11-16-6)8-9(2,3)13(15)10(4,5)12(8)14/h1-6H3/q+1/b11-7+. The van der Waals surface area contributed by atoms with Crippen molar-refractivity contribution in [2.75, 3.05) is 7.11 Å². The molecule has 6 heteroatoms. The molecule has 1 aliphatic rings. The monoisotopic (exact) mass is 228 g/mol. The summed E-state index contributed by atoms with van der Waals surface area (Å²) in [6.45, 7) is 8.22. The third-order valence-electron chi connectivity index (χ3n) is 2.86. The molecule has 0 unspecified atom stereocenters. The first kappa shape index (κ1) is 12.6. The fourth-order valence-corrected chi connectivity index (χ4v) is 2.15. The Labute approximate surface area is 94.7 Å². The van der Waals surface area contributed by atoms with Crippen molar-refractivity contribution >= 4 is 11.4 Å². The maximum absolute atomic E-state index is 12.1. The average Bonchev–Trinajstić information content (AvgIpc) is 2.26. The van der Waals surface area contributed by atoms with Gasteiger partial charge in [0.15, 0.2) is 5.71 Å². The molecular weight excluding hydrogens is 210 g/mol. The van der Waals surface area contributed by atoms with E-state index in [1.165, 1.54) is 7.11 Å². The molecule has 1 aliphatic heterocycles. The molecule has 0 aromatic heterocycles. The first-order valence-corrected chi connectivity index (χ1v) is 5.07. The van der Waals surface area contributed by atoms with E-state index in [0.29, 0.717) is 16.2 Å². The summed E-state index contributed by atoms with van der Waals surface area (Å²) in [6.07, 6.45) is 0. The Morgan fingerprint density at radius 2 is 1.88 bits per heavy atom. The molecule has 0 aromatic carbocycles. The van der Waals surface area contributed by atoms with E-state index in [-0.39, 0.29) is 0 Å². The quantitative estimate of drug-likeness (QED) is 0.309. The highest BCUT2D eigenvalue weighted by Gasteiger charge is 2.66. The lowest BCUT2D eigenvalue weighted by atomic mass is 9.96. The van der Waals surface area contributed by atoms with Crippen LogP contribution in [-0.2, 0) is 4.84 Å². The molecule has 0 aliphatic carbocycles. The average molecular weight is 228 g/mol. The molecule has 90 valence electrons. The molecule has 0 N–H and O–H groups in total. The second-order valence-corrected chi connectivity index (χ2v) is 4.85. The van der Waals surface area contributed by atoms with E-state index < -0.39 is 11.2 Å². The topological polar surface area (TPSA) is 67.7 Å². The molecule has 16 heavy (non-hydrogen) atoms. The number of hydrogen-bond donors (Lipinski definition) is 0. The molecule has 6 nitrogen and oxygen atoms in total. The Kier molecular flexibility index (Phi) is 2.79. The summed E-state index contributed by atoms with van der Waals surface area (Å²) < 4.78 is 1.49. The second-order valence-electron chi connectivity index (χ2n) is 4.85. The lowest BCUT2D eigenvalue weighted by Crippen LogP contribution is -2.45. The maximum atomic E-state index is 12.1. The molecule has 1 rings (SSSR count). The lowest BCUT2D eigenvalue weighted by Gasteiger charge is -2.09. The molecular formula is C10H18N3O3+. The van der Waals surface area contributed by atoms with Crippen LogP contribution in [0.5, 0.6) is 0 Å². The van der Waals surface area contributed by atoms with E-state index >= 15 is 0 Å². The predicted octanol–water partition coefficient (Wildman–Crippen LogP) is 1.27. The van der Waals surface area contributed by atoms with Crippen molar-refractivity contribution in [3.8, 4) is 0 Å². The van der Waals surface area contributed by atoms with Gasteiger partial charge >= 0.3 is 5.66 Å². The highest BCUT2D eigenvalue weighted by atomic mass is 16.6. The van der Waals surface area contributed by atoms with Crippen LogP contribution in [0.4, 0.5) is 0 Å². The van der Waals surface area contributed by atoms with Crippen LogP contribution < -0.4 is 0 Å². The Bertz CT molecular complexity index is 394. The molecule has 0 bridgehead atoms. The van der Waals surface area contributed by atoms with Gasteiger partial charge in [-0.05, 0) is 6.92 Å². The van der Waals surface area contributed by atoms with Crippen molar-refractivity contribution in [1.82, 2.24) is 0 Å². The Balaban J connectivity index is 3.41. The second kappa shape index (κ2) is 3.54. The fourth-order valence-electron chi connectivity index (χ4n) is 2.15. The first-order valence-electron chi connectivity index (χ1n) is 5.07. The summed E-state index contributed by atoms with van der Waals surface area (Å²) >= 11 is 0. The number of rotatable bonds is 2. The SMILES string of the molecule is CO/N=C(\C)C1=[N+]([O-])C(C)(C)[N+](=O)C1(C)C. The lowest BCUT2D eigenvalue weighted by molar-refractivity contribution is -0.796. The van der Waals surface area contributed by atoms with Crippen molar-refractivity contribution in [2.45, 2.75) is 45.8 Å². The maximum Gasteiger partial charge on any atom is 0.401 e. The molecule has 0 atom stereocenters. The van der Waals surface area contributed by atoms with Gasteiger partial charge < -0.3 is 10.0 Å². The van der Waals surface area contributed by atoms with Crippen LogP contribution in [0.15, 0.2) is 5.16 Å². The summed E-state index contributed by atoms with van der Waals surface area (Å²) in [6, 6.07) is 0. The third kappa shape index (κ3) is 1.48. The number of hydroxylamine groups is 1. The Morgan fingerprint density at radius 1 is 1.38 bits per heavy atom. The van der Waals surface area contributed by atoms with Gasteiger partial charge in [-0.15, -0.1) is 4.74 Å². The summed E-state index contributed by atoms with van der Waals surface area (Å²) in [5, 5.41) is 15.8. The van der Waals surface area contributed by atoms with E-state index in [9.17, 15) is 10.1 Å². The van der Waals surface area contributed by atoms with E-state index in [1.807, 2.05) is 0 Å². The van der Waals surface area contributed by atoms with Gasteiger partial charge in [-0.1, -0.05) is 5.16 Å². The Hall–Kier alpha value is -1.46. The highest BCUT2D eigenvalue weighted by molar-refractivity contribution is 6.42. The van der Waals surface area contributed by atoms with Crippen LogP contribution >= 0.6 is 0 Å². The minimum Gasteiger partial charge on any atom is -0.618 e. The highest BCUT2D eigenvalue weighted by Crippen LogP contribution is 2.29. The van der Waals surface area contributed by atoms with E-state index in [4.69, 9.17) is 0 Å². The normalized spacial score (nSPS) is 23.9. The van der Waals surface area contributed by atoms with Crippen LogP contribution in [0, 0.1) is 10.1 Å². The van der Waals surface area contributed by atoms with Crippen molar-refractivity contribution < 1.29 is 14.3 Å². The van der Waals surface area contributed by atoms with Gasteiger partial charge in [0, 0.05) is 18.8 Å². The molecule has 0 aromatic rings. The van der Waals surface area contributed by atoms with Crippen molar-refractivity contribution in [3.05, 3.63) is 10.1 Å². The van der Waals surface area contributed by atoms with E-state index in [1.54, 1.807) is 34.6 Å². The van der Waals surface area contributed by atoms with Crippen molar-refractivity contribution in [3.63, 3.8) is 0 Å².